The molecule has 0 aliphatic heterocycles. The molecule has 2 nitrogen and oxygen atoms in total. The van der Waals surface area contributed by atoms with E-state index in [0.29, 0.717) is 0 Å². The monoisotopic (exact) mass is 226 g/mol. The Bertz CT molecular complexity index is 289. The van der Waals surface area contributed by atoms with Crippen LogP contribution in [0.2, 0.25) is 0 Å². The van der Waals surface area contributed by atoms with E-state index < -0.39 is 0 Å². The molecular weight excluding hydrogens is 208 g/mol. The van der Waals surface area contributed by atoms with Crippen molar-refractivity contribution in [2.24, 2.45) is 0 Å². The highest BCUT2D eigenvalue weighted by atomic mass is 32.2. The van der Waals surface area contributed by atoms with Gasteiger partial charge in [-0.15, -0.1) is 11.8 Å². The van der Waals surface area contributed by atoms with Crippen molar-refractivity contribution in [3.8, 4) is 0 Å². The van der Waals surface area contributed by atoms with E-state index in [1.807, 2.05) is 31.2 Å². The van der Waals surface area contributed by atoms with Gasteiger partial charge in [0.1, 0.15) is 0 Å². The first kappa shape index (κ1) is 12.6. The molecule has 2 N–H and O–H groups in total. The predicted octanol–water partition coefficient (Wildman–Crippen LogP) is 2.43. The Morgan fingerprint density at radius 3 is 2.73 bits per heavy atom. The molecule has 15 heavy (non-hydrogen) atoms. The summed E-state index contributed by atoms with van der Waals surface area (Å²) in [6.07, 6.45) is 1.42. The molecule has 1 unspecified atom stereocenters. The molecule has 0 saturated carbocycles. The summed E-state index contributed by atoms with van der Waals surface area (Å²) in [4.78, 5) is 1.11. The molecule has 3 heteroatoms. The van der Waals surface area contributed by atoms with Crippen LogP contribution in [0.15, 0.2) is 29.2 Å². The molecule has 0 saturated heterocycles. The highest BCUT2D eigenvalue weighted by molar-refractivity contribution is 7.99. The van der Waals surface area contributed by atoms with Crippen molar-refractivity contribution >= 4 is 11.8 Å². The second-order valence-electron chi connectivity index (χ2n) is 3.47. The molecule has 1 aromatic carbocycles. The molecular formula is C12H18O2S. The van der Waals surface area contributed by atoms with Gasteiger partial charge in [0.05, 0.1) is 12.7 Å². The number of thioether (sulfide) groups is 1. The first-order chi connectivity index (χ1) is 7.27. The van der Waals surface area contributed by atoms with Crippen LogP contribution in [0, 0.1) is 0 Å². The van der Waals surface area contributed by atoms with Crippen molar-refractivity contribution in [1.82, 2.24) is 0 Å². The van der Waals surface area contributed by atoms with Crippen molar-refractivity contribution in [1.29, 1.82) is 0 Å². The quantitative estimate of drug-likeness (QED) is 0.732. The average Bonchev–Trinajstić information content (AvgIpc) is 2.29. The van der Waals surface area contributed by atoms with Gasteiger partial charge in [0.25, 0.3) is 0 Å². The Morgan fingerprint density at radius 2 is 2.07 bits per heavy atom. The standard InChI is InChI=1S/C12H18O2S/c1-2-11(14)7-8-15-12-6-4-3-5-10(12)9-13/h3-6,11,13-14H,2,7-9H2,1H3. The molecule has 0 aromatic heterocycles. The molecule has 1 aromatic rings. The number of hydrogen-bond acceptors (Lipinski definition) is 3. The van der Waals surface area contributed by atoms with Crippen molar-refractivity contribution in [2.75, 3.05) is 5.75 Å². The minimum Gasteiger partial charge on any atom is -0.393 e. The Hall–Kier alpha value is -0.510. The minimum atomic E-state index is -0.196. The van der Waals surface area contributed by atoms with Crippen LogP contribution in [0.4, 0.5) is 0 Å². The summed E-state index contributed by atoms with van der Waals surface area (Å²) in [5.41, 5.74) is 0.966. The lowest BCUT2D eigenvalue weighted by Gasteiger charge is -2.09. The maximum Gasteiger partial charge on any atom is 0.0692 e. The van der Waals surface area contributed by atoms with Crippen LogP contribution in [-0.2, 0) is 6.61 Å². The molecule has 0 aliphatic carbocycles. The van der Waals surface area contributed by atoms with Crippen molar-refractivity contribution in [3.05, 3.63) is 29.8 Å². The third-order valence-corrected chi connectivity index (χ3v) is 3.47. The minimum absolute atomic E-state index is 0.0828. The fourth-order valence-electron chi connectivity index (χ4n) is 1.28. The van der Waals surface area contributed by atoms with Crippen LogP contribution >= 0.6 is 11.8 Å². The largest absolute Gasteiger partial charge is 0.393 e. The van der Waals surface area contributed by atoms with Crippen LogP contribution in [0.1, 0.15) is 25.3 Å². The van der Waals surface area contributed by atoms with E-state index in [2.05, 4.69) is 0 Å². The van der Waals surface area contributed by atoms with Gasteiger partial charge in [0, 0.05) is 10.6 Å². The molecule has 0 amide bonds. The molecule has 0 radical (unpaired) electrons. The second-order valence-corrected chi connectivity index (χ2v) is 4.60. The highest BCUT2D eigenvalue weighted by Crippen LogP contribution is 2.23. The first-order valence-corrected chi connectivity index (χ1v) is 6.26. The summed E-state index contributed by atoms with van der Waals surface area (Å²) in [5.74, 6) is 0.895. The molecule has 0 aliphatic rings. The van der Waals surface area contributed by atoms with Crippen molar-refractivity contribution in [3.63, 3.8) is 0 Å². The summed E-state index contributed by atoms with van der Waals surface area (Å²) in [6, 6.07) is 7.83. The van der Waals surface area contributed by atoms with Gasteiger partial charge in [-0.1, -0.05) is 25.1 Å². The summed E-state index contributed by atoms with van der Waals surface area (Å²) < 4.78 is 0. The van der Waals surface area contributed by atoms with Gasteiger partial charge in [0.2, 0.25) is 0 Å². The topological polar surface area (TPSA) is 40.5 Å². The van der Waals surface area contributed by atoms with Crippen LogP contribution in [0.25, 0.3) is 0 Å². The van der Waals surface area contributed by atoms with Crippen LogP contribution in [0.3, 0.4) is 0 Å². The number of hydrogen-bond donors (Lipinski definition) is 2. The summed E-state index contributed by atoms with van der Waals surface area (Å²) in [5, 5.41) is 18.5. The summed E-state index contributed by atoms with van der Waals surface area (Å²) >= 11 is 1.70. The fourth-order valence-corrected chi connectivity index (χ4v) is 2.39. The van der Waals surface area contributed by atoms with E-state index in [0.717, 1.165) is 29.1 Å². The van der Waals surface area contributed by atoms with Crippen molar-refractivity contribution in [2.45, 2.75) is 37.4 Å². The Kier molecular flexibility index (Phi) is 5.76. The Morgan fingerprint density at radius 1 is 1.33 bits per heavy atom. The van der Waals surface area contributed by atoms with Gasteiger partial charge < -0.3 is 10.2 Å². The fraction of sp³-hybridized carbons (Fsp3) is 0.500. The van der Waals surface area contributed by atoms with E-state index in [1.54, 1.807) is 11.8 Å². The van der Waals surface area contributed by atoms with Gasteiger partial charge in [-0.3, -0.25) is 0 Å². The van der Waals surface area contributed by atoms with E-state index >= 15 is 0 Å². The molecule has 0 fully saturated rings. The van der Waals surface area contributed by atoms with Gasteiger partial charge in [-0.25, -0.2) is 0 Å². The van der Waals surface area contributed by atoms with E-state index in [4.69, 9.17) is 5.11 Å². The van der Waals surface area contributed by atoms with Gasteiger partial charge >= 0.3 is 0 Å². The maximum atomic E-state index is 9.40. The van der Waals surface area contributed by atoms with E-state index in [-0.39, 0.29) is 12.7 Å². The second kappa shape index (κ2) is 6.88. The zero-order chi connectivity index (χ0) is 11.1. The predicted molar refractivity (Wildman–Crippen MR) is 64.0 cm³/mol. The molecule has 84 valence electrons. The lowest BCUT2D eigenvalue weighted by atomic mass is 10.2. The maximum absolute atomic E-state index is 9.40. The normalized spacial score (nSPS) is 12.7. The highest BCUT2D eigenvalue weighted by Gasteiger charge is 2.03. The lowest BCUT2D eigenvalue weighted by molar-refractivity contribution is 0.167. The lowest BCUT2D eigenvalue weighted by Crippen LogP contribution is -2.05. The molecule has 1 rings (SSSR count). The van der Waals surface area contributed by atoms with Crippen LogP contribution < -0.4 is 0 Å². The zero-order valence-electron chi connectivity index (χ0n) is 9.02. The van der Waals surface area contributed by atoms with Crippen LogP contribution in [-0.4, -0.2) is 22.1 Å². The third kappa shape index (κ3) is 4.24. The third-order valence-electron chi connectivity index (χ3n) is 2.32. The Balaban J connectivity index is 2.43. The van der Waals surface area contributed by atoms with Gasteiger partial charge in [-0.05, 0) is 24.5 Å². The SMILES string of the molecule is CCC(O)CCSc1ccccc1CO. The van der Waals surface area contributed by atoms with E-state index in [9.17, 15) is 5.11 Å². The van der Waals surface area contributed by atoms with Crippen molar-refractivity contribution < 1.29 is 10.2 Å². The molecule has 0 bridgehead atoms. The first-order valence-electron chi connectivity index (χ1n) is 5.27. The number of rotatable bonds is 6. The summed E-state index contributed by atoms with van der Waals surface area (Å²) in [7, 11) is 0. The average molecular weight is 226 g/mol. The van der Waals surface area contributed by atoms with Gasteiger partial charge in [0.15, 0.2) is 0 Å². The summed E-state index contributed by atoms with van der Waals surface area (Å²) in [6.45, 7) is 2.07. The Labute approximate surface area is 95.3 Å². The smallest absolute Gasteiger partial charge is 0.0692 e. The number of aliphatic hydroxyl groups excluding tert-OH is 2. The molecule has 0 spiro atoms. The van der Waals surface area contributed by atoms with E-state index in [1.165, 1.54) is 0 Å². The molecule has 0 heterocycles. The zero-order valence-corrected chi connectivity index (χ0v) is 9.83. The van der Waals surface area contributed by atoms with Crippen LogP contribution in [0.5, 0.6) is 0 Å². The number of benzene rings is 1. The van der Waals surface area contributed by atoms with Gasteiger partial charge in [-0.2, -0.15) is 0 Å². The number of aliphatic hydroxyl groups is 2. The molecule has 1 atom stereocenters.